The summed E-state index contributed by atoms with van der Waals surface area (Å²) >= 11 is 0. The molecule has 0 unspecified atom stereocenters. The van der Waals surface area contributed by atoms with Gasteiger partial charge < -0.3 is 9.16 Å². The highest BCUT2D eigenvalue weighted by molar-refractivity contribution is 6.74. The van der Waals surface area contributed by atoms with E-state index in [0.29, 0.717) is 5.92 Å². The predicted octanol–water partition coefficient (Wildman–Crippen LogP) is 5.44. The molecule has 1 saturated carbocycles. The average Bonchev–Trinajstić information content (AvgIpc) is 2.43. The number of ether oxygens (including phenoxy) is 1. The van der Waals surface area contributed by atoms with Gasteiger partial charge in [0.15, 0.2) is 8.32 Å². The van der Waals surface area contributed by atoms with Crippen LogP contribution in [0, 0.1) is 22.7 Å². The van der Waals surface area contributed by atoms with Gasteiger partial charge in [0.05, 0.1) is 17.9 Å². The monoisotopic (exact) mass is 367 g/mol. The Morgan fingerprint density at radius 1 is 1.16 bits per heavy atom. The molecule has 0 aromatic heterocycles. The summed E-state index contributed by atoms with van der Waals surface area (Å²) in [6.07, 6.45) is 3.62. The highest BCUT2D eigenvalue weighted by Crippen LogP contribution is 2.43. The van der Waals surface area contributed by atoms with Gasteiger partial charge in [-0.1, -0.05) is 20.8 Å². The van der Waals surface area contributed by atoms with Crippen molar-refractivity contribution in [2.24, 2.45) is 11.3 Å². The number of carbonyl (C=O) groups excluding carboxylic acids is 1. The first-order chi connectivity index (χ1) is 11.2. The Hall–Kier alpha value is -0.863. The molecule has 144 valence electrons. The largest absolute Gasteiger partial charge is 0.460 e. The van der Waals surface area contributed by atoms with Gasteiger partial charge in [0.1, 0.15) is 5.60 Å². The van der Waals surface area contributed by atoms with E-state index in [4.69, 9.17) is 9.16 Å². The molecule has 5 heteroatoms. The van der Waals surface area contributed by atoms with E-state index in [2.05, 4.69) is 39.9 Å². The van der Waals surface area contributed by atoms with E-state index < -0.39 is 19.3 Å². The normalized spacial score (nSPS) is 25.3. The highest BCUT2D eigenvalue weighted by Gasteiger charge is 2.41. The van der Waals surface area contributed by atoms with Crippen LogP contribution in [0.4, 0.5) is 0 Å². The van der Waals surface area contributed by atoms with Crippen molar-refractivity contribution < 1.29 is 14.0 Å². The van der Waals surface area contributed by atoms with E-state index in [1.165, 1.54) is 0 Å². The van der Waals surface area contributed by atoms with Gasteiger partial charge in [-0.05, 0) is 70.5 Å². The molecule has 25 heavy (non-hydrogen) atoms. The topological polar surface area (TPSA) is 59.3 Å². The molecule has 1 fully saturated rings. The fourth-order valence-corrected chi connectivity index (χ4v) is 4.01. The molecule has 0 heterocycles. The van der Waals surface area contributed by atoms with Crippen molar-refractivity contribution in [3.8, 4) is 6.07 Å². The molecule has 0 amide bonds. The molecule has 0 radical (unpaired) electrons. The molecule has 1 aliphatic rings. The summed E-state index contributed by atoms with van der Waals surface area (Å²) in [5.41, 5.74) is -1.06. The summed E-state index contributed by atoms with van der Waals surface area (Å²) in [5.74, 6) is 0.235. The smallest absolute Gasteiger partial charge is 0.307 e. The molecule has 4 nitrogen and oxygen atoms in total. The lowest BCUT2D eigenvalue weighted by Crippen LogP contribution is -2.42. The second-order valence-corrected chi connectivity index (χ2v) is 15.0. The van der Waals surface area contributed by atoms with Crippen LogP contribution in [0.3, 0.4) is 0 Å². The maximum atomic E-state index is 12.1. The predicted molar refractivity (Wildman–Crippen MR) is 104 cm³/mol. The number of carbonyl (C=O) groups is 1. The Labute approximate surface area is 155 Å². The minimum absolute atomic E-state index is 0.205. The van der Waals surface area contributed by atoms with E-state index in [0.717, 1.165) is 32.3 Å². The van der Waals surface area contributed by atoms with Crippen LogP contribution in [0.5, 0.6) is 0 Å². The number of hydrogen-bond donors (Lipinski definition) is 0. The molecule has 0 N–H and O–H groups in total. The number of rotatable bonds is 5. The highest BCUT2D eigenvalue weighted by atomic mass is 28.4. The maximum Gasteiger partial charge on any atom is 0.307 e. The van der Waals surface area contributed by atoms with Crippen LogP contribution in [0.15, 0.2) is 0 Å². The van der Waals surface area contributed by atoms with Crippen molar-refractivity contribution in [2.45, 2.75) is 97.4 Å². The first-order valence-electron chi connectivity index (χ1n) is 9.47. The third kappa shape index (κ3) is 6.75. The van der Waals surface area contributed by atoms with E-state index in [9.17, 15) is 10.1 Å². The van der Waals surface area contributed by atoms with E-state index >= 15 is 0 Å². The summed E-state index contributed by atoms with van der Waals surface area (Å²) in [6.45, 7) is 17.7. The summed E-state index contributed by atoms with van der Waals surface area (Å²) in [5, 5.41) is 9.88. The molecule has 0 atom stereocenters. The van der Waals surface area contributed by atoms with Gasteiger partial charge in [-0.25, -0.2) is 0 Å². The van der Waals surface area contributed by atoms with Crippen molar-refractivity contribution >= 4 is 14.3 Å². The Morgan fingerprint density at radius 2 is 1.68 bits per heavy atom. The zero-order valence-corrected chi connectivity index (χ0v) is 18.5. The first-order valence-corrected chi connectivity index (χ1v) is 12.4. The van der Waals surface area contributed by atoms with E-state index in [1.54, 1.807) is 0 Å². The van der Waals surface area contributed by atoms with Crippen LogP contribution in [0.25, 0.3) is 0 Å². The fraction of sp³-hybridized carbons (Fsp3) is 0.900. The lowest BCUT2D eigenvalue weighted by atomic mass is 9.69. The SMILES string of the molecule is CC(C)(C)OC(=O)CC1(C#N)CCC(CO[Si](C)(C)C(C)(C)C)CC1. The minimum Gasteiger partial charge on any atom is -0.460 e. The third-order valence-corrected chi connectivity index (χ3v) is 10.2. The van der Waals surface area contributed by atoms with Crippen molar-refractivity contribution in [1.82, 2.24) is 0 Å². The molecule has 0 aliphatic heterocycles. The van der Waals surface area contributed by atoms with Crippen LogP contribution in [-0.4, -0.2) is 26.5 Å². The van der Waals surface area contributed by atoms with Crippen LogP contribution >= 0.6 is 0 Å². The number of hydrogen-bond acceptors (Lipinski definition) is 4. The van der Waals surface area contributed by atoms with Crippen LogP contribution in [-0.2, 0) is 14.0 Å². The molecule has 1 rings (SSSR count). The molecule has 0 aromatic carbocycles. The van der Waals surface area contributed by atoms with Crippen molar-refractivity contribution in [3.63, 3.8) is 0 Å². The first kappa shape index (κ1) is 22.2. The second kappa shape index (κ2) is 7.80. The zero-order chi connectivity index (χ0) is 19.5. The number of nitrogens with zero attached hydrogens (tertiary/aromatic N) is 1. The van der Waals surface area contributed by atoms with Crippen LogP contribution in [0.2, 0.25) is 18.1 Å². The lowest BCUT2D eigenvalue weighted by Gasteiger charge is -2.39. The fourth-order valence-electron chi connectivity index (χ4n) is 2.92. The van der Waals surface area contributed by atoms with Crippen LogP contribution in [0.1, 0.15) is 73.6 Å². The van der Waals surface area contributed by atoms with Gasteiger partial charge in [-0.2, -0.15) is 5.26 Å². The molecular weight excluding hydrogens is 330 g/mol. The summed E-state index contributed by atoms with van der Waals surface area (Å²) < 4.78 is 11.8. The lowest BCUT2D eigenvalue weighted by molar-refractivity contribution is -0.157. The van der Waals surface area contributed by atoms with Crippen molar-refractivity contribution in [3.05, 3.63) is 0 Å². The second-order valence-electron chi connectivity index (χ2n) is 10.2. The van der Waals surface area contributed by atoms with Gasteiger partial charge in [0, 0.05) is 6.61 Å². The zero-order valence-electron chi connectivity index (χ0n) is 17.5. The molecule has 0 bridgehead atoms. The van der Waals surface area contributed by atoms with E-state index in [1.807, 2.05) is 20.8 Å². The van der Waals surface area contributed by atoms with Gasteiger partial charge in [-0.3, -0.25) is 4.79 Å². The van der Waals surface area contributed by atoms with Gasteiger partial charge in [0.2, 0.25) is 0 Å². The Balaban J connectivity index is 2.55. The van der Waals surface area contributed by atoms with Gasteiger partial charge >= 0.3 is 5.97 Å². The van der Waals surface area contributed by atoms with Crippen LogP contribution < -0.4 is 0 Å². The number of esters is 1. The summed E-state index contributed by atoms with van der Waals surface area (Å²) in [7, 11) is -1.72. The Kier molecular flexibility index (Phi) is 6.92. The maximum absolute atomic E-state index is 12.1. The molecule has 0 aromatic rings. The Morgan fingerprint density at radius 3 is 2.08 bits per heavy atom. The summed E-state index contributed by atoms with van der Waals surface area (Å²) in [6, 6.07) is 2.42. The minimum atomic E-state index is -1.72. The average molecular weight is 368 g/mol. The quantitative estimate of drug-likeness (QED) is 0.479. The molecule has 0 saturated heterocycles. The molecule has 1 aliphatic carbocycles. The third-order valence-electron chi connectivity index (χ3n) is 5.69. The van der Waals surface area contributed by atoms with Crippen molar-refractivity contribution in [1.29, 1.82) is 5.26 Å². The van der Waals surface area contributed by atoms with Gasteiger partial charge in [0.25, 0.3) is 0 Å². The van der Waals surface area contributed by atoms with E-state index in [-0.39, 0.29) is 17.4 Å². The van der Waals surface area contributed by atoms with Gasteiger partial charge in [-0.15, -0.1) is 0 Å². The van der Waals surface area contributed by atoms with Crippen molar-refractivity contribution in [2.75, 3.05) is 6.61 Å². The summed E-state index contributed by atoms with van der Waals surface area (Å²) in [4.78, 5) is 12.1. The molecule has 0 spiro atoms. The molecular formula is C20H37NO3Si. The Bertz CT molecular complexity index is 501. The standard InChI is InChI=1S/C20H37NO3Si/c1-18(2,3)24-17(22)13-20(15-21)11-9-16(10-12-20)14-23-25(7,8)19(4,5)6/h16H,9-14H2,1-8H3. The number of nitriles is 1.